The van der Waals surface area contributed by atoms with E-state index in [0.29, 0.717) is 11.7 Å². The first-order valence-electron chi connectivity index (χ1n) is 7.82. The summed E-state index contributed by atoms with van der Waals surface area (Å²) in [7, 11) is 0. The Kier molecular flexibility index (Phi) is 3.25. The molecule has 1 atom stereocenters. The van der Waals surface area contributed by atoms with Crippen molar-refractivity contribution in [2.45, 2.75) is 19.8 Å². The van der Waals surface area contributed by atoms with Crippen LogP contribution in [0.5, 0.6) is 0 Å². The van der Waals surface area contributed by atoms with Crippen LogP contribution < -0.4 is 4.90 Å². The Morgan fingerprint density at radius 3 is 2.86 bits per heavy atom. The Morgan fingerprint density at radius 2 is 2.05 bits per heavy atom. The van der Waals surface area contributed by atoms with Crippen LogP contribution in [0.2, 0.25) is 0 Å². The standard InChI is InChI=1S/C17H19N5/c1-13-6-5-9-21(11-13)16-10-15(14-7-3-2-4-8-14)20-17-18-12-19-22(16)17/h2-4,7-8,10,12-13H,5-6,9,11H2,1H3/t13-/m0/s1. The SMILES string of the molecule is C[C@H]1CCCN(c2cc(-c3ccccc3)nc3ncnn23)C1. The number of aromatic nitrogens is 4. The molecule has 5 heteroatoms. The molecule has 1 fully saturated rings. The Morgan fingerprint density at radius 1 is 1.18 bits per heavy atom. The third-order valence-corrected chi connectivity index (χ3v) is 4.28. The summed E-state index contributed by atoms with van der Waals surface area (Å²) in [5.41, 5.74) is 2.06. The van der Waals surface area contributed by atoms with Gasteiger partial charge in [0.2, 0.25) is 0 Å². The molecular formula is C17H19N5. The molecular weight excluding hydrogens is 274 g/mol. The van der Waals surface area contributed by atoms with Gasteiger partial charge in [0.05, 0.1) is 5.69 Å². The third kappa shape index (κ3) is 2.32. The van der Waals surface area contributed by atoms with Gasteiger partial charge in [-0.15, -0.1) is 0 Å². The van der Waals surface area contributed by atoms with Crippen molar-refractivity contribution in [3.05, 3.63) is 42.7 Å². The number of benzene rings is 1. The maximum atomic E-state index is 4.64. The van der Waals surface area contributed by atoms with Gasteiger partial charge < -0.3 is 4.90 Å². The van der Waals surface area contributed by atoms with E-state index in [4.69, 9.17) is 0 Å². The van der Waals surface area contributed by atoms with Crippen molar-refractivity contribution in [1.82, 2.24) is 19.6 Å². The van der Waals surface area contributed by atoms with Crippen molar-refractivity contribution >= 4 is 11.6 Å². The van der Waals surface area contributed by atoms with Crippen molar-refractivity contribution < 1.29 is 0 Å². The minimum Gasteiger partial charge on any atom is -0.356 e. The van der Waals surface area contributed by atoms with E-state index in [1.807, 2.05) is 22.7 Å². The summed E-state index contributed by atoms with van der Waals surface area (Å²) < 4.78 is 1.85. The molecule has 1 saturated heterocycles. The molecule has 4 rings (SSSR count). The van der Waals surface area contributed by atoms with Crippen LogP contribution in [0, 0.1) is 5.92 Å². The number of nitrogens with zero attached hydrogens (tertiary/aromatic N) is 5. The van der Waals surface area contributed by atoms with Gasteiger partial charge in [-0.3, -0.25) is 0 Å². The molecule has 0 amide bonds. The molecule has 3 aromatic rings. The van der Waals surface area contributed by atoms with Crippen LogP contribution in [-0.4, -0.2) is 32.7 Å². The Balaban J connectivity index is 1.84. The van der Waals surface area contributed by atoms with E-state index < -0.39 is 0 Å². The largest absolute Gasteiger partial charge is 0.356 e. The van der Waals surface area contributed by atoms with Gasteiger partial charge >= 0.3 is 0 Å². The fourth-order valence-electron chi connectivity index (χ4n) is 3.18. The van der Waals surface area contributed by atoms with E-state index in [9.17, 15) is 0 Å². The van der Waals surface area contributed by atoms with Crippen molar-refractivity contribution in [3.63, 3.8) is 0 Å². The number of fused-ring (bicyclic) bond motifs is 1. The second-order valence-electron chi connectivity index (χ2n) is 6.03. The van der Waals surface area contributed by atoms with E-state index in [1.54, 1.807) is 6.33 Å². The summed E-state index contributed by atoms with van der Waals surface area (Å²) >= 11 is 0. The number of rotatable bonds is 2. The van der Waals surface area contributed by atoms with Crippen LogP contribution in [0.4, 0.5) is 5.82 Å². The fourth-order valence-corrected chi connectivity index (χ4v) is 3.18. The van der Waals surface area contributed by atoms with Crippen LogP contribution in [0.15, 0.2) is 42.7 Å². The molecule has 0 spiro atoms. The Bertz CT molecular complexity index is 780. The Hall–Kier alpha value is -2.43. The zero-order valence-electron chi connectivity index (χ0n) is 12.7. The topological polar surface area (TPSA) is 46.3 Å². The molecule has 1 aromatic carbocycles. The maximum absolute atomic E-state index is 4.64. The average molecular weight is 293 g/mol. The molecule has 5 nitrogen and oxygen atoms in total. The van der Waals surface area contributed by atoms with Gasteiger partial charge in [0.15, 0.2) is 0 Å². The van der Waals surface area contributed by atoms with Crippen molar-refractivity contribution in [2.24, 2.45) is 5.92 Å². The number of hydrogen-bond donors (Lipinski definition) is 0. The zero-order valence-corrected chi connectivity index (χ0v) is 12.7. The maximum Gasteiger partial charge on any atom is 0.254 e. The monoisotopic (exact) mass is 293 g/mol. The predicted octanol–water partition coefficient (Wildman–Crippen LogP) is 3.03. The summed E-state index contributed by atoms with van der Waals surface area (Å²) in [6, 6.07) is 12.4. The number of anilines is 1. The molecule has 1 aliphatic rings. The molecule has 22 heavy (non-hydrogen) atoms. The molecule has 0 N–H and O–H groups in total. The average Bonchev–Trinajstić information content (AvgIpc) is 3.03. The summed E-state index contributed by atoms with van der Waals surface area (Å²) in [5.74, 6) is 2.46. The molecule has 1 aliphatic heterocycles. The summed E-state index contributed by atoms with van der Waals surface area (Å²) in [6.45, 7) is 4.44. The molecule has 112 valence electrons. The highest BCUT2D eigenvalue weighted by Gasteiger charge is 2.20. The first kappa shape index (κ1) is 13.2. The van der Waals surface area contributed by atoms with E-state index >= 15 is 0 Å². The highest BCUT2D eigenvalue weighted by atomic mass is 15.4. The first-order chi connectivity index (χ1) is 10.8. The van der Waals surface area contributed by atoms with Crippen molar-refractivity contribution in [3.8, 4) is 11.3 Å². The van der Waals surface area contributed by atoms with E-state index in [-0.39, 0.29) is 0 Å². The van der Waals surface area contributed by atoms with Gasteiger partial charge in [0.25, 0.3) is 5.78 Å². The lowest BCUT2D eigenvalue weighted by atomic mass is 10.0. The minimum absolute atomic E-state index is 0.662. The lowest BCUT2D eigenvalue weighted by Gasteiger charge is -2.32. The molecule has 0 saturated carbocycles. The van der Waals surface area contributed by atoms with Gasteiger partial charge in [0, 0.05) is 24.7 Å². The van der Waals surface area contributed by atoms with Gasteiger partial charge in [-0.2, -0.15) is 14.6 Å². The molecule has 0 bridgehead atoms. The van der Waals surface area contributed by atoms with Crippen LogP contribution in [0.25, 0.3) is 17.0 Å². The second kappa shape index (κ2) is 5.40. The summed E-state index contributed by atoms with van der Waals surface area (Å²) in [6.07, 6.45) is 4.10. The van der Waals surface area contributed by atoms with Crippen molar-refractivity contribution in [1.29, 1.82) is 0 Å². The summed E-state index contributed by atoms with van der Waals surface area (Å²) in [5, 5.41) is 4.36. The predicted molar refractivity (Wildman–Crippen MR) is 86.8 cm³/mol. The quantitative estimate of drug-likeness (QED) is 0.728. The smallest absolute Gasteiger partial charge is 0.254 e. The van der Waals surface area contributed by atoms with Gasteiger partial charge in [-0.05, 0) is 18.8 Å². The molecule has 2 aromatic heterocycles. The summed E-state index contributed by atoms with van der Waals surface area (Å²) in [4.78, 5) is 11.3. The third-order valence-electron chi connectivity index (χ3n) is 4.28. The first-order valence-corrected chi connectivity index (χ1v) is 7.82. The number of hydrogen-bond acceptors (Lipinski definition) is 4. The highest BCUT2D eigenvalue weighted by Crippen LogP contribution is 2.27. The van der Waals surface area contributed by atoms with Gasteiger partial charge in [-0.25, -0.2) is 4.98 Å². The van der Waals surface area contributed by atoms with Crippen LogP contribution in [-0.2, 0) is 0 Å². The van der Waals surface area contributed by atoms with Crippen LogP contribution >= 0.6 is 0 Å². The molecule has 0 unspecified atom stereocenters. The highest BCUT2D eigenvalue weighted by molar-refractivity contribution is 5.65. The minimum atomic E-state index is 0.662. The van der Waals surface area contributed by atoms with Crippen molar-refractivity contribution in [2.75, 3.05) is 18.0 Å². The molecule has 0 radical (unpaired) electrons. The van der Waals surface area contributed by atoms with Gasteiger partial charge in [0.1, 0.15) is 12.1 Å². The second-order valence-corrected chi connectivity index (χ2v) is 6.03. The Labute approximate surface area is 129 Å². The van der Waals surface area contributed by atoms with Crippen LogP contribution in [0.3, 0.4) is 0 Å². The normalized spacial score (nSPS) is 18.8. The fraction of sp³-hybridized carbons (Fsp3) is 0.353. The van der Waals surface area contributed by atoms with E-state index in [1.165, 1.54) is 12.8 Å². The lowest BCUT2D eigenvalue weighted by molar-refractivity contribution is 0.442. The van der Waals surface area contributed by atoms with Crippen LogP contribution in [0.1, 0.15) is 19.8 Å². The zero-order chi connectivity index (χ0) is 14.9. The number of piperidine rings is 1. The lowest BCUT2D eigenvalue weighted by Crippen LogP contribution is -2.35. The van der Waals surface area contributed by atoms with E-state index in [2.05, 4.69) is 45.1 Å². The molecule has 3 heterocycles. The van der Waals surface area contributed by atoms with Gasteiger partial charge in [-0.1, -0.05) is 37.3 Å². The molecule has 0 aliphatic carbocycles. The van der Waals surface area contributed by atoms with E-state index in [0.717, 1.165) is 30.2 Å².